The van der Waals surface area contributed by atoms with Crippen LogP contribution in [-0.2, 0) is 6.42 Å². The number of aryl methyl sites for hydroxylation is 1. The number of aromatic nitrogens is 1. The number of H-pyrrole nitrogens is 1. The molecule has 166 valence electrons. The van der Waals surface area contributed by atoms with Gasteiger partial charge < -0.3 is 20.1 Å². The summed E-state index contributed by atoms with van der Waals surface area (Å²) in [7, 11) is 8.39. The fraction of sp³-hybridized carbons (Fsp3) is 0.560. The zero-order valence-corrected chi connectivity index (χ0v) is 19.7. The second kappa shape index (κ2) is 11.5. The number of hydrogen-bond acceptors (Lipinski definition) is 3. The van der Waals surface area contributed by atoms with Crippen LogP contribution >= 0.6 is 0 Å². The lowest BCUT2D eigenvalue weighted by molar-refractivity contribution is 0.219. The van der Waals surface area contributed by atoms with Crippen LogP contribution in [-0.4, -0.2) is 74.8 Å². The number of aliphatic imine (C=N–C) groups is 1. The third-order valence-electron chi connectivity index (χ3n) is 6.15. The smallest absolute Gasteiger partial charge is 0.116 e. The van der Waals surface area contributed by atoms with Crippen molar-refractivity contribution in [3.8, 4) is 0 Å². The predicted octanol–water partition coefficient (Wildman–Crippen LogP) is 3.14. The fourth-order valence-electron chi connectivity index (χ4n) is 4.17. The summed E-state index contributed by atoms with van der Waals surface area (Å²) in [5.74, 6) is 0. The summed E-state index contributed by atoms with van der Waals surface area (Å²) in [4.78, 5) is 12.6. The van der Waals surface area contributed by atoms with Crippen LogP contribution in [0.4, 0.5) is 0 Å². The van der Waals surface area contributed by atoms with Gasteiger partial charge in [-0.15, -0.1) is 0 Å². The molecule has 3 rings (SSSR count). The number of nitrogens with one attached hydrogen (secondary N) is 2. The van der Waals surface area contributed by atoms with E-state index in [2.05, 4.69) is 65.2 Å². The first-order chi connectivity index (χ1) is 15.0. The molecule has 1 aromatic carbocycles. The van der Waals surface area contributed by atoms with Crippen molar-refractivity contribution in [3.63, 3.8) is 0 Å². The molecule has 0 amide bonds. The molecule has 6 heteroatoms. The van der Waals surface area contributed by atoms with Crippen LogP contribution < -0.4 is 10.8 Å². The van der Waals surface area contributed by atoms with Gasteiger partial charge in [0.15, 0.2) is 0 Å². The van der Waals surface area contributed by atoms with Crippen molar-refractivity contribution in [2.24, 2.45) is 4.99 Å². The molecule has 1 aromatic heterocycles. The Hall–Kier alpha value is -2.05. The van der Waals surface area contributed by atoms with Crippen LogP contribution in [0.1, 0.15) is 44.2 Å². The zero-order chi connectivity index (χ0) is 22.2. The maximum atomic E-state index is 6.21. The van der Waals surface area contributed by atoms with Crippen LogP contribution in [0.2, 0.25) is 0 Å². The lowest BCUT2D eigenvalue weighted by atomic mass is 9.90. The molecule has 5 nitrogen and oxygen atoms in total. The molecule has 0 bridgehead atoms. The van der Waals surface area contributed by atoms with Crippen LogP contribution in [0.15, 0.2) is 35.1 Å². The normalized spacial score (nSPS) is 17.2. The fourth-order valence-corrected chi connectivity index (χ4v) is 4.17. The van der Waals surface area contributed by atoms with E-state index in [0.29, 0.717) is 6.04 Å². The van der Waals surface area contributed by atoms with Crippen LogP contribution in [0.3, 0.4) is 0 Å². The van der Waals surface area contributed by atoms with Gasteiger partial charge in [0.05, 0.1) is 6.34 Å². The molecule has 1 atom stereocenters. The Balaban J connectivity index is 1.58. The Bertz CT molecular complexity index is 893. The molecule has 2 radical (unpaired) electrons. The summed E-state index contributed by atoms with van der Waals surface area (Å²) in [5, 5.41) is 5.03. The molecule has 1 aliphatic heterocycles. The highest BCUT2D eigenvalue weighted by molar-refractivity contribution is 6.38. The molecular formula is C25H38BN5. The van der Waals surface area contributed by atoms with Gasteiger partial charge in [-0.3, -0.25) is 0 Å². The molecule has 1 aliphatic rings. The average molecular weight is 419 g/mol. The van der Waals surface area contributed by atoms with E-state index in [1.165, 1.54) is 41.3 Å². The van der Waals surface area contributed by atoms with E-state index in [1.807, 2.05) is 18.6 Å². The second-order valence-corrected chi connectivity index (χ2v) is 9.09. The Morgan fingerprint density at radius 2 is 2.06 bits per heavy atom. The summed E-state index contributed by atoms with van der Waals surface area (Å²) in [6, 6.07) is 4.71. The third kappa shape index (κ3) is 6.98. The van der Waals surface area contributed by atoms with Crippen molar-refractivity contribution in [1.82, 2.24) is 20.1 Å². The topological polar surface area (TPSA) is 46.7 Å². The van der Waals surface area contributed by atoms with Gasteiger partial charge in [-0.05, 0) is 50.9 Å². The van der Waals surface area contributed by atoms with Crippen molar-refractivity contribution in [2.75, 3.05) is 39.8 Å². The van der Waals surface area contributed by atoms with Gasteiger partial charge >= 0.3 is 0 Å². The van der Waals surface area contributed by atoms with Gasteiger partial charge in [-0.25, -0.2) is 4.99 Å². The highest BCUT2D eigenvalue weighted by Crippen LogP contribution is 2.21. The van der Waals surface area contributed by atoms with Gasteiger partial charge in [0.2, 0.25) is 0 Å². The second-order valence-electron chi connectivity index (χ2n) is 9.09. The first-order valence-corrected chi connectivity index (χ1v) is 11.7. The van der Waals surface area contributed by atoms with Gasteiger partial charge in [-0.2, -0.15) is 0 Å². The summed E-state index contributed by atoms with van der Waals surface area (Å²) >= 11 is 0. The van der Waals surface area contributed by atoms with Crippen molar-refractivity contribution in [1.29, 1.82) is 0 Å². The maximum absolute atomic E-state index is 6.21. The number of aromatic amines is 1. The first-order valence-electron chi connectivity index (χ1n) is 11.7. The summed E-state index contributed by atoms with van der Waals surface area (Å²) in [6.07, 6.45) is 10.7. The van der Waals surface area contributed by atoms with E-state index in [-0.39, 0.29) is 0 Å². The zero-order valence-electron chi connectivity index (χ0n) is 19.7. The molecule has 2 aromatic rings. The first kappa shape index (κ1) is 23.6. The SMILES string of the molecule is [B]c1cc(C)cc2c(CC(CCCC)NC/C(C)=C/N=CN3CCN(C)CC3)c[nH]c12. The van der Waals surface area contributed by atoms with E-state index in [0.717, 1.165) is 50.1 Å². The Morgan fingerprint density at radius 3 is 2.81 bits per heavy atom. The quantitative estimate of drug-likeness (QED) is 0.353. The Kier molecular flexibility index (Phi) is 8.79. The molecule has 2 N–H and O–H groups in total. The number of nitrogens with zero attached hydrogens (tertiary/aromatic N) is 3. The van der Waals surface area contributed by atoms with Gasteiger partial charge in [0.25, 0.3) is 0 Å². The van der Waals surface area contributed by atoms with Gasteiger partial charge in [-0.1, -0.05) is 36.9 Å². The van der Waals surface area contributed by atoms with Crippen LogP contribution in [0.5, 0.6) is 0 Å². The van der Waals surface area contributed by atoms with Gasteiger partial charge in [0.1, 0.15) is 7.85 Å². The molecule has 1 unspecified atom stereocenters. The van der Waals surface area contributed by atoms with E-state index >= 15 is 0 Å². The van der Waals surface area contributed by atoms with Crippen LogP contribution in [0.25, 0.3) is 10.9 Å². The molecule has 1 saturated heterocycles. The Morgan fingerprint density at radius 1 is 1.29 bits per heavy atom. The van der Waals surface area contributed by atoms with Crippen LogP contribution in [0, 0.1) is 6.92 Å². The Labute approximate surface area is 189 Å². The number of unbranched alkanes of at least 4 members (excludes halogenated alkanes) is 1. The number of fused-ring (bicyclic) bond motifs is 1. The molecule has 0 aliphatic carbocycles. The van der Waals surface area contributed by atoms with Crippen molar-refractivity contribution >= 4 is 30.6 Å². The molecule has 0 spiro atoms. The summed E-state index contributed by atoms with van der Waals surface area (Å²) in [5.41, 5.74) is 5.70. The lowest BCUT2D eigenvalue weighted by Gasteiger charge is -2.30. The monoisotopic (exact) mass is 419 g/mol. The highest BCUT2D eigenvalue weighted by Gasteiger charge is 2.14. The van der Waals surface area contributed by atoms with E-state index < -0.39 is 0 Å². The molecule has 0 saturated carbocycles. The number of likely N-dealkylation sites (N-methyl/N-ethyl adjacent to an activating group) is 1. The minimum absolute atomic E-state index is 0.436. The number of piperazine rings is 1. The standard InChI is InChI=1S/C25H38BN5/c1-5-6-7-22(14-21-17-29-25-23(21)12-19(2)13-24(25)26)28-16-20(3)15-27-18-31-10-8-30(4)9-11-31/h12-13,15,17-18,22,28-29H,5-11,14,16H2,1-4H3/b20-15+,27-18?. The van der Waals surface area contributed by atoms with Crippen molar-refractivity contribution in [3.05, 3.63) is 41.2 Å². The highest BCUT2D eigenvalue weighted by atomic mass is 15.3. The number of benzene rings is 1. The maximum Gasteiger partial charge on any atom is 0.116 e. The lowest BCUT2D eigenvalue weighted by Crippen LogP contribution is -2.43. The summed E-state index contributed by atoms with van der Waals surface area (Å²) in [6.45, 7) is 11.7. The molecular weight excluding hydrogens is 381 g/mol. The van der Waals surface area contributed by atoms with Gasteiger partial charge in [0, 0.05) is 62.1 Å². The largest absolute Gasteiger partial charge is 0.361 e. The third-order valence-corrected chi connectivity index (χ3v) is 6.15. The molecule has 31 heavy (non-hydrogen) atoms. The van der Waals surface area contributed by atoms with E-state index in [1.54, 1.807) is 0 Å². The molecule has 2 heterocycles. The predicted molar refractivity (Wildman–Crippen MR) is 135 cm³/mol. The number of hydrogen-bond donors (Lipinski definition) is 2. The summed E-state index contributed by atoms with van der Waals surface area (Å²) < 4.78 is 0. The van der Waals surface area contributed by atoms with E-state index in [4.69, 9.17) is 7.85 Å². The minimum Gasteiger partial charge on any atom is -0.361 e. The average Bonchev–Trinajstić information content (AvgIpc) is 3.14. The molecule has 1 fully saturated rings. The van der Waals surface area contributed by atoms with E-state index in [9.17, 15) is 0 Å². The van der Waals surface area contributed by atoms with Crippen molar-refractivity contribution < 1.29 is 0 Å². The minimum atomic E-state index is 0.436. The number of rotatable bonds is 10. The van der Waals surface area contributed by atoms with Crippen molar-refractivity contribution in [2.45, 2.75) is 52.5 Å².